The van der Waals surface area contributed by atoms with Crippen LogP contribution in [0.2, 0.25) is 0 Å². The van der Waals surface area contributed by atoms with E-state index in [0.717, 1.165) is 22.2 Å². The van der Waals surface area contributed by atoms with Crippen molar-refractivity contribution in [3.63, 3.8) is 0 Å². The Balaban J connectivity index is 1.87. The summed E-state index contributed by atoms with van der Waals surface area (Å²) >= 11 is 0. The summed E-state index contributed by atoms with van der Waals surface area (Å²) in [6, 6.07) is 21.8. The zero-order valence-corrected chi connectivity index (χ0v) is 14.9. The summed E-state index contributed by atoms with van der Waals surface area (Å²) in [5.74, 6) is 0.558. The fourth-order valence-electron chi connectivity index (χ4n) is 3.00. The highest BCUT2D eigenvalue weighted by Crippen LogP contribution is 2.31. The molecule has 0 saturated carbocycles. The molecule has 0 aliphatic carbocycles. The Hall–Kier alpha value is -3.19. The van der Waals surface area contributed by atoms with Crippen LogP contribution in [-0.4, -0.2) is 39.8 Å². The third kappa shape index (κ3) is 3.61. The third-order valence-corrected chi connectivity index (χ3v) is 4.41. The molecule has 0 aliphatic heterocycles. The van der Waals surface area contributed by atoms with Crippen LogP contribution in [0.15, 0.2) is 72.8 Å². The second kappa shape index (κ2) is 7.82. The van der Waals surface area contributed by atoms with E-state index in [2.05, 4.69) is 0 Å². The molecule has 0 saturated heterocycles. The van der Waals surface area contributed by atoms with E-state index in [-0.39, 0.29) is 7.69 Å². The molecule has 0 atom stereocenters. The zero-order chi connectivity index (χ0) is 19.5. The van der Waals surface area contributed by atoms with Crippen molar-refractivity contribution in [2.45, 2.75) is 0 Å². The highest BCUT2D eigenvalue weighted by Gasteiger charge is 2.15. The number of nitrogens with zero attached hydrogens (tertiary/aromatic N) is 2. The standard InChI is InChI=1S/C20H16B2N2O4/c25-21-28-16-11-7-14(8-12-16)20-19(13-5-9-15(10-6-13)22(26)27)23-17-3-1-2-4-18(17)24-20/h1-12,21,25-27H. The van der Waals surface area contributed by atoms with E-state index in [1.54, 1.807) is 36.4 Å². The van der Waals surface area contributed by atoms with Crippen LogP contribution in [0.1, 0.15) is 0 Å². The highest BCUT2D eigenvalue weighted by atomic mass is 16.5. The molecule has 0 unspecified atom stereocenters. The van der Waals surface area contributed by atoms with E-state index in [1.807, 2.05) is 36.4 Å². The van der Waals surface area contributed by atoms with E-state index in [9.17, 15) is 10.0 Å². The van der Waals surface area contributed by atoms with Crippen LogP contribution in [0.4, 0.5) is 0 Å². The molecule has 0 bridgehead atoms. The van der Waals surface area contributed by atoms with E-state index >= 15 is 0 Å². The molecule has 0 amide bonds. The lowest BCUT2D eigenvalue weighted by molar-refractivity contribution is 0.426. The van der Waals surface area contributed by atoms with Gasteiger partial charge in [-0.2, -0.15) is 0 Å². The highest BCUT2D eigenvalue weighted by molar-refractivity contribution is 6.58. The third-order valence-electron chi connectivity index (χ3n) is 4.41. The maximum Gasteiger partial charge on any atom is 0.504 e. The van der Waals surface area contributed by atoms with Gasteiger partial charge in [-0.1, -0.05) is 36.4 Å². The molecule has 3 N–H and O–H groups in total. The second-order valence-electron chi connectivity index (χ2n) is 6.20. The average molecular weight is 370 g/mol. The van der Waals surface area contributed by atoms with Gasteiger partial charge in [0, 0.05) is 11.1 Å². The minimum absolute atomic E-state index is 0.385. The Morgan fingerprint density at radius 1 is 0.714 bits per heavy atom. The number of para-hydroxylation sites is 2. The van der Waals surface area contributed by atoms with Crippen molar-refractivity contribution in [3.05, 3.63) is 72.8 Å². The molecule has 3 aromatic carbocycles. The van der Waals surface area contributed by atoms with Gasteiger partial charge in [0.1, 0.15) is 5.75 Å². The number of fused-ring (bicyclic) bond motifs is 1. The molecule has 4 rings (SSSR count). The lowest BCUT2D eigenvalue weighted by Crippen LogP contribution is -2.29. The fraction of sp³-hybridized carbons (Fsp3) is 0. The molecule has 1 aromatic heterocycles. The molecule has 0 fully saturated rings. The van der Waals surface area contributed by atoms with Gasteiger partial charge < -0.3 is 19.7 Å². The van der Waals surface area contributed by atoms with Gasteiger partial charge in [0.2, 0.25) is 0 Å². The molecule has 28 heavy (non-hydrogen) atoms. The Labute approximate surface area is 162 Å². The van der Waals surface area contributed by atoms with Crippen LogP contribution in [0.25, 0.3) is 33.5 Å². The van der Waals surface area contributed by atoms with Crippen molar-refractivity contribution in [2.24, 2.45) is 0 Å². The van der Waals surface area contributed by atoms with Gasteiger partial charge in [-0.05, 0) is 41.9 Å². The summed E-state index contributed by atoms with van der Waals surface area (Å²) in [6.07, 6.45) is 0. The summed E-state index contributed by atoms with van der Waals surface area (Å²) in [5.41, 5.74) is 5.01. The fourth-order valence-corrected chi connectivity index (χ4v) is 3.00. The molecular weight excluding hydrogens is 354 g/mol. The molecule has 136 valence electrons. The normalized spacial score (nSPS) is 10.7. The zero-order valence-electron chi connectivity index (χ0n) is 14.9. The molecule has 0 spiro atoms. The summed E-state index contributed by atoms with van der Waals surface area (Å²) in [4.78, 5) is 9.60. The first-order chi connectivity index (χ1) is 13.7. The molecule has 0 aliphatic rings. The number of aromatic nitrogens is 2. The molecule has 0 radical (unpaired) electrons. The smallest absolute Gasteiger partial charge is 0.504 e. The van der Waals surface area contributed by atoms with Crippen molar-refractivity contribution >= 4 is 31.3 Å². The first-order valence-electron chi connectivity index (χ1n) is 8.73. The topological polar surface area (TPSA) is 95.7 Å². The Morgan fingerprint density at radius 3 is 1.68 bits per heavy atom. The Kier molecular flexibility index (Phi) is 5.08. The Morgan fingerprint density at radius 2 is 1.21 bits per heavy atom. The van der Waals surface area contributed by atoms with Crippen LogP contribution in [0.5, 0.6) is 5.75 Å². The second-order valence-corrected chi connectivity index (χ2v) is 6.20. The minimum atomic E-state index is -1.52. The first-order valence-corrected chi connectivity index (χ1v) is 8.73. The van der Waals surface area contributed by atoms with E-state index in [1.165, 1.54) is 0 Å². The van der Waals surface area contributed by atoms with E-state index in [0.29, 0.717) is 22.6 Å². The van der Waals surface area contributed by atoms with Crippen molar-refractivity contribution in [1.82, 2.24) is 9.97 Å². The van der Waals surface area contributed by atoms with Crippen LogP contribution in [-0.2, 0) is 0 Å². The van der Waals surface area contributed by atoms with Gasteiger partial charge >= 0.3 is 14.8 Å². The molecular formula is C20H16B2N2O4. The van der Waals surface area contributed by atoms with Gasteiger partial charge in [0.15, 0.2) is 0 Å². The van der Waals surface area contributed by atoms with Crippen LogP contribution in [0.3, 0.4) is 0 Å². The van der Waals surface area contributed by atoms with Crippen molar-refractivity contribution in [2.75, 3.05) is 0 Å². The minimum Gasteiger partial charge on any atom is -0.539 e. The molecule has 1 heterocycles. The van der Waals surface area contributed by atoms with Gasteiger partial charge in [-0.25, -0.2) is 9.97 Å². The van der Waals surface area contributed by atoms with Gasteiger partial charge in [0.25, 0.3) is 0 Å². The summed E-state index contributed by atoms with van der Waals surface area (Å²) < 4.78 is 5.09. The van der Waals surface area contributed by atoms with Gasteiger partial charge in [-0.3, -0.25) is 0 Å². The number of hydrogen-bond donors (Lipinski definition) is 3. The average Bonchev–Trinajstić information content (AvgIpc) is 2.74. The molecule has 8 heteroatoms. The van der Waals surface area contributed by atoms with Gasteiger partial charge in [0.05, 0.1) is 22.4 Å². The maximum atomic E-state index is 9.33. The Bertz CT molecular complexity index is 1100. The quantitative estimate of drug-likeness (QED) is 0.459. The SMILES string of the molecule is OBOc1ccc(-c2nc3ccccc3nc2-c2ccc(B(O)O)cc2)cc1. The maximum absolute atomic E-state index is 9.33. The molecule has 6 nitrogen and oxygen atoms in total. The number of rotatable bonds is 5. The van der Waals surface area contributed by atoms with Crippen molar-refractivity contribution < 1.29 is 19.7 Å². The predicted octanol–water partition coefficient (Wildman–Crippen LogP) is 1.28. The lowest BCUT2D eigenvalue weighted by atomic mass is 9.80. The van der Waals surface area contributed by atoms with E-state index in [4.69, 9.17) is 19.6 Å². The van der Waals surface area contributed by atoms with Crippen molar-refractivity contribution in [3.8, 4) is 28.3 Å². The van der Waals surface area contributed by atoms with Gasteiger partial charge in [-0.15, -0.1) is 0 Å². The first kappa shape index (κ1) is 18.2. The molecule has 4 aromatic rings. The summed E-state index contributed by atoms with van der Waals surface area (Å²) in [7, 11) is -1.90. The monoisotopic (exact) mass is 370 g/mol. The van der Waals surface area contributed by atoms with E-state index < -0.39 is 7.12 Å². The summed E-state index contributed by atoms with van der Waals surface area (Å²) in [5, 5.41) is 27.6. The van der Waals surface area contributed by atoms with Crippen molar-refractivity contribution in [1.29, 1.82) is 0 Å². The largest absolute Gasteiger partial charge is 0.539 e. The van der Waals surface area contributed by atoms with Crippen LogP contribution < -0.4 is 10.1 Å². The predicted molar refractivity (Wildman–Crippen MR) is 110 cm³/mol. The summed E-state index contributed by atoms with van der Waals surface area (Å²) in [6.45, 7) is 0. The van der Waals surface area contributed by atoms with Crippen LogP contribution >= 0.6 is 0 Å². The number of benzene rings is 3. The lowest BCUT2D eigenvalue weighted by Gasteiger charge is -2.12. The number of hydrogen-bond acceptors (Lipinski definition) is 6. The van der Waals surface area contributed by atoms with Crippen LogP contribution in [0, 0.1) is 0 Å².